The summed E-state index contributed by atoms with van der Waals surface area (Å²) in [6, 6.07) is 3.22. The number of aromatic nitrogens is 2. The first-order chi connectivity index (χ1) is 11.3. The van der Waals surface area contributed by atoms with Crippen molar-refractivity contribution in [2.24, 2.45) is 5.14 Å². The number of halogens is 1. The van der Waals surface area contributed by atoms with Crippen LogP contribution in [0.4, 0.5) is 10.5 Å². The van der Waals surface area contributed by atoms with Crippen molar-refractivity contribution in [2.75, 3.05) is 11.9 Å². The second-order valence-electron chi connectivity index (χ2n) is 4.78. The lowest BCUT2D eigenvalue weighted by Gasteiger charge is -2.09. The van der Waals surface area contributed by atoms with Crippen molar-refractivity contribution >= 4 is 33.3 Å². The zero-order valence-electron chi connectivity index (χ0n) is 12.7. The van der Waals surface area contributed by atoms with Gasteiger partial charge in [-0.05, 0) is 18.2 Å². The van der Waals surface area contributed by atoms with Crippen molar-refractivity contribution in [2.45, 2.75) is 24.7 Å². The molecule has 1 aromatic heterocycles. The lowest BCUT2D eigenvalue weighted by atomic mass is 10.3. The fourth-order valence-electron chi connectivity index (χ4n) is 1.77. The molecule has 2 rings (SSSR count). The number of anilines is 1. The molecule has 2 amide bonds. The summed E-state index contributed by atoms with van der Waals surface area (Å²) in [5.74, 6) is 1.02. The van der Waals surface area contributed by atoms with Crippen molar-refractivity contribution in [3.05, 3.63) is 34.9 Å². The van der Waals surface area contributed by atoms with Gasteiger partial charge in [0.15, 0.2) is 5.82 Å². The van der Waals surface area contributed by atoms with E-state index in [0.29, 0.717) is 24.6 Å². The van der Waals surface area contributed by atoms with Crippen LogP contribution in [0.3, 0.4) is 0 Å². The Hall–Kier alpha value is -2.17. The highest BCUT2D eigenvalue weighted by Crippen LogP contribution is 2.24. The van der Waals surface area contributed by atoms with Gasteiger partial charge < -0.3 is 15.2 Å². The molecule has 0 bridgehead atoms. The van der Waals surface area contributed by atoms with Gasteiger partial charge in [-0.3, -0.25) is 0 Å². The van der Waals surface area contributed by atoms with E-state index in [9.17, 15) is 13.2 Å². The van der Waals surface area contributed by atoms with Crippen LogP contribution >= 0.6 is 11.6 Å². The van der Waals surface area contributed by atoms with Gasteiger partial charge in [-0.2, -0.15) is 4.98 Å². The summed E-state index contributed by atoms with van der Waals surface area (Å²) in [7, 11) is -3.89. The lowest BCUT2D eigenvalue weighted by Crippen LogP contribution is -2.30. The van der Waals surface area contributed by atoms with Gasteiger partial charge in [0, 0.05) is 19.4 Å². The van der Waals surface area contributed by atoms with Crippen LogP contribution in [0, 0.1) is 0 Å². The minimum atomic E-state index is -3.89. The van der Waals surface area contributed by atoms with Crippen LogP contribution in [0.25, 0.3) is 0 Å². The lowest BCUT2D eigenvalue weighted by molar-refractivity contribution is 0.252. The van der Waals surface area contributed by atoms with Gasteiger partial charge >= 0.3 is 6.03 Å². The summed E-state index contributed by atoms with van der Waals surface area (Å²) in [5.41, 5.74) is 0.133. The van der Waals surface area contributed by atoms with E-state index in [1.165, 1.54) is 18.2 Å². The average molecular weight is 374 g/mol. The molecule has 4 N–H and O–H groups in total. The summed E-state index contributed by atoms with van der Waals surface area (Å²) >= 11 is 5.93. The molecule has 0 saturated heterocycles. The van der Waals surface area contributed by atoms with E-state index in [2.05, 4.69) is 20.8 Å². The Morgan fingerprint density at radius 1 is 1.42 bits per heavy atom. The maximum absolute atomic E-state index is 11.9. The molecule has 130 valence electrons. The zero-order chi connectivity index (χ0) is 17.7. The number of sulfonamides is 1. The number of aryl methyl sites for hydroxylation is 1. The molecule has 0 aliphatic carbocycles. The van der Waals surface area contributed by atoms with Crippen LogP contribution in [0.15, 0.2) is 27.6 Å². The number of nitrogens with one attached hydrogen (secondary N) is 2. The molecule has 11 heteroatoms. The molecule has 0 spiro atoms. The first-order valence-electron chi connectivity index (χ1n) is 6.98. The molecular formula is C13H16ClN5O4S. The molecule has 0 saturated carbocycles. The molecular weight excluding hydrogens is 358 g/mol. The molecule has 0 unspecified atom stereocenters. The van der Waals surface area contributed by atoms with Crippen LogP contribution in [0.5, 0.6) is 0 Å². The summed E-state index contributed by atoms with van der Waals surface area (Å²) < 4.78 is 27.6. The Bertz CT molecular complexity index is 837. The van der Waals surface area contributed by atoms with Crippen LogP contribution < -0.4 is 15.8 Å². The van der Waals surface area contributed by atoms with Gasteiger partial charge in [0.2, 0.25) is 15.9 Å². The minimum absolute atomic E-state index is 0.133. The Kier molecular flexibility index (Phi) is 5.75. The Morgan fingerprint density at radius 2 is 2.17 bits per heavy atom. The second kappa shape index (κ2) is 7.60. The number of carbonyl (C=O) groups excluding carboxylic acids is 1. The van der Waals surface area contributed by atoms with Gasteiger partial charge in [-0.25, -0.2) is 18.4 Å². The van der Waals surface area contributed by atoms with Gasteiger partial charge in [-0.15, -0.1) is 0 Å². The minimum Gasteiger partial charge on any atom is -0.339 e. The third-order valence-electron chi connectivity index (χ3n) is 2.96. The van der Waals surface area contributed by atoms with Gasteiger partial charge in [0.05, 0.1) is 15.6 Å². The monoisotopic (exact) mass is 373 g/mol. The first kappa shape index (κ1) is 18.2. The Balaban J connectivity index is 1.92. The van der Waals surface area contributed by atoms with E-state index < -0.39 is 16.1 Å². The van der Waals surface area contributed by atoms with E-state index in [4.69, 9.17) is 21.3 Å². The number of amides is 2. The molecule has 0 aliphatic rings. The highest BCUT2D eigenvalue weighted by atomic mass is 35.5. The number of benzene rings is 1. The number of hydrogen-bond acceptors (Lipinski definition) is 6. The van der Waals surface area contributed by atoms with Crippen molar-refractivity contribution in [1.29, 1.82) is 0 Å². The summed E-state index contributed by atoms with van der Waals surface area (Å²) in [6.45, 7) is 2.16. The number of primary sulfonamides is 1. The Morgan fingerprint density at radius 3 is 2.79 bits per heavy atom. The average Bonchev–Trinajstić information content (AvgIpc) is 2.96. The van der Waals surface area contributed by atoms with Gasteiger partial charge in [0.25, 0.3) is 0 Å². The van der Waals surface area contributed by atoms with Crippen molar-refractivity contribution in [1.82, 2.24) is 15.5 Å². The number of urea groups is 1. The standard InChI is InChI=1S/C13H16ClN5O4S/c1-2-12-18-11(19-23-12)5-6-16-13(20)17-10-7-8(24(15,21)22)3-4-9(10)14/h3-4,7H,2,5-6H2,1H3,(H2,15,21,22)(H2,16,17,20). The maximum Gasteiger partial charge on any atom is 0.319 e. The third-order valence-corrected chi connectivity index (χ3v) is 4.20. The number of carbonyl (C=O) groups is 1. The molecule has 0 atom stereocenters. The largest absolute Gasteiger partial charge is 0.339 e. The van der Waals surface area contributed by atoms with Crippen molar-refractivity contribution < 1.29 is 17.7 Å². The summed E-state index contributed by atoms with van der Waals surface area (Å²) in [5, 5.41) is 14.0. The highest BCUT2D eigenvalue weighted by molar-refractivity contribution is 7.89. The molecule has 0 fully saturated rings. The quantitative estimate of drug-likeness (QED) is 0.696. The van der Waals surface area contributed by atoms with Crippen LogP contribution in [-0.4, -0.2) is 31.1 Å². The molecule has 0 aliphatic heterocycles. The topological polar surface area (TPSA) is 140 Å². The predicted molar refractivity (Wildman–Crippen MR) is 87.2 cm³/mol. The van der Waals surface area contributed by atoms with E-state index in [0.717, 1.165) is 0 Å². The highest BCUT2D eigenvalue weighted by Gasteiger charge is 2.13. The molecule has 1 aromatic carbocycles. The SMILES string of the molecule is CCc1nc(CCNC(=O)Nc2cc(S(N)(=O)=O)ccc2Cl)no1. The summed E-state index contributed by atoms with van der Waals surface area (Å²) in [4.78, 5) is 15.8. The summed E-state index contributed by atoms with van der Waals surface area (Å²) in [6.07, 6.45) is 1.03. The molecule has 0 radical (unpaired) electrons. The molecule has 24 heavy (non-hydrogen) atoms. The van der Waals surface area contributed by atoms with Crippen LogP contribution in [0.1, 0.15) is 18.6 Å². The zero-order valence-corrected chi connectivity index (χ0v) is 14.3. The van der Waals surface area contributed by atoms with E-state index in [1.54, 1.807) is 0 Å². The van der Waals surface area contributed by atoms with Gasteiger partial charge in [0.1, 0.15) is 0 Å². The second-order valence-corrected chi connectivity index (χ2v) is 6.74. The number of rotatable bonds is 6. The first-order valence-corrected chi connectivity index (χ1v) is 8.90. The Labute approximate surface area is 143 Å². The number of hydrogen-bond donors (Lipinski definition) is 3. The van der Waals surface area contributed by atoms with E-state index in [-0.39, 0.29) is 22.2 Å². The molecule has 1 heterocycles. The predicted octanol–water partition coefficient (Wildman–Crippen LogP) is 1.30. The number of nitrogens with two attached hydrogens (primary N) is 1. The van der Waals surface area contributed by atoms with E-state index in [1.807, 2.05) is 6.92 Å². The third kappa shape index (κ3) is 4.91. The fraction of sp³-hybridized carbons (Fsp3) is 0.308. The van der Waals surface area contributed by atoms with Crippen LogP contribution in [-0.2, 0) is 22.9 Å². The molecule has 2 aromatic rings. The van der Waals surface area contributed by atoms with Crippen molar-refractivity contribution in [3.63, 3.8) is 0 Å². The molecule has 9 nitrogen and oxygen atoms in total. The smallest absolute Gasteiger partial charge is 0.319 e. The van der Waals surface area contributed by atoms with E-state index >= 15 is 0 Å². The number of nitrogens with zero attached hydrogens (tertiary/aromatic N) is 2. The maximum atomic E-state index is 11.9. The van der Waals surface area contributed by atoms with Crippen LogP contribution in [0.2, 0.25) is 5.02 Å². The fourth-order valence-corrected chi connectivity index (χ4v) is 2.47. The van der Waals surface area contributed by atoms with Crippen molar-refractivity contribution in [3.8, 4) is 0 Å². The normalized spacial score (nSPS) is 11.3. The van der Waals surface area contributed by atoms with Gasteiger partial charge in [-0.1, -0.05) is 23.7 Å².